The van der Waals surface area contributed by atoms with Crippen LogP contribution >= 0.6 is 0 Å². The topological polar surface area (TPSA) is 30.5 Å². The van der Waals surface area contributed by atoms with Gasteiger partial charge >= 0.3 is 0 Å². The van der Waals surface area contributed by atoms with Crippen LogP contribution in [-0.4, -0.2) is 26.9 Å². The second kappa shape index (κ2) is 7.81. The van der Waals surface area contributed by atoms with Crippen LogP contribution in [0.25, 0.3) is 0 Å². The Hall–Kier alpha value is -1.39. The van der Waals surface area contributed by atoms with Gasteiger partial charge < -0.3 is 14.8 Å². The van der Waals surface area contributed by atoms with Gasteiger partial charge in [-0.2, -0.15) is 0 Å². The fraction of sp³-hybridized carbons (Fsp3) is 0.385. The van der Waals surface area contributed by atoms with Crippen LogP contribution < -0.4 is 10.1 Å². The van der Waals surface area contributed by atoms with Gasteiger partial charge in [-0.3, -0.25) is 0 Å². The third-order valence-electron chi connectivity index (χ3n) is 2.19. The molecule has 0 spiro atoms. The summed E-state index contributed by atoms with van der Waals surface area (Å²) in [5, 5.41) is 3.15. The Bertz CT molecular complexity index is 355. The molecule has 0 aliphatic carbocycles. The summed E-state index contributed by atoms with van der Waals surface area (Å²) < 4.78 is 23.8. The Morgan fingerprint density at radius 3 is 3.00 bits per heavy atom. The average Bonchev–Trinajstić information content (AvgIpc) is 2.34. The molecule has 0 aromatic heterocycles. The molecule has 4 heteroatoms. The van der Waals surface area contributed by atoms with Crippen LogP contribution in [0.4, 0.5) is 4.39 Å². The molecular weight excluding hydrogens is 221 g/mol. The minimum Gasteiger partial charge on any atom is -0.486 e. The van der Waals surface area contributed by atoms with Crippen LogP contribution in [0.15, 0.2) is 30.9 Å². The Morgan fingerprint density at radius 1 is 1.47 bits per heavy atom. The van der Waals surface area contributed by atoms with E-state index in [-0.39, 0.29) is 11.6 Å². The van der Waals surface area contributed by atoms with Crippen LogP contribution in [0.2, 0.25) is 0 Å². The lowest BCUT2D eigenvalue weighted by Crippen LogP contribution is -2.19. The van der Waals surface area contributed by atoms with Crippen LogP contribution in [-0.2, 0) is 11.3 Å². The van der Waals surface area contributed by atoms with Crippen molar-refractivity contribution < 1.29 is 13.9 Å². The largest absolute Gasteiger partial charge is 0.486 e. The Morgan fingerprint density at radius 2 is 2.29 bits per heavy atom. The van der Waals surface area contributed by atoms with Gasteiger partial charge in [0.05, 0.1) is 6.61 Å². The first-order valence-electron chi connectivity index (χ1n) is 5.50. The van der Waals surface area contributed by atoms with Gasteiger partial charge in [0.15, 0.2) is 11.6 Å². The minimum absolute atomic E-state index is 0.289. The molecule has 0 aliphatic heterocycles. The van der Waals surface area contributed by atoms with Gasteiger partial charge in [0.2, 0.25) is 0 Å². The lowest BCUT2D eigenvalue weighted by molar-refractivity contribution is 0.199. The summed E-state index contributed by atoms with van der Waals surface area (Å²) in [5.41, 5.74) is 0.794. The maximum atomic E-state index is 13.5. The standard InChI is InChI=1S/C13H18FNO2/c1-3-8-17-13-11(5-4-6-12(13)14)10-15-7-9-16-2/h3-6,15H,1,7-10H2,2H3. The summed E-state index contributed by atoms with van der Waals surface area (Å²) in [6.07, 6.45) is 1.59. The van der Waals surface area contributed by atoms with E-state index in [2.05, 4.69) is 11.9 Å². The second-order valence-electron chi connectivity index (χ2n) is 3.50. The highest BCUT2D eigenvalue weighted by Gasteiger charge is 2.08. The van der Waals surface area contributed by atoms with E-state index in [1.54, 1.807) is 19.3 Å². The van der Waals surface area contributed by atoms with Crippen molar-refractivity contribution in [1.82, 2.24) is 5.32 Å². The molecule has 0 unspecified atom stereocenters. The molecule has 0 atom stereocenters. The number of nitrogens with one attached hydrogen (secondary N) is 1. The van der Waals surface area contributed by atoms with Crippen molar-refractivity contribution in [3.8, 4) is 5.75 Å². The van der Waals surface area contributed by atoms with Crippen molar-refractivity contribution in [2.24, 2.45) is 0 Å². The van der Waals surface area contributed by atoms with Crippen molar-refractivity contribution in [3.05, 3.63) is 42.2 Å². The third kappa shape index (κ3) is 4.54. The van der Waals surface area contributed by atoms with E-state index in [0.717, 1.165) is 5.56 Å². The molecule has 0 radical (unpaired) electrons. The fourth-order valence-electron chi connectivity index (χ4n) is 1.39. The summed E-state index contributed by atoms with van der Waals surface area (Å²) in [6.45, 7) is 5.73. The highest BCUT2D eigenvalue weighted by molar-refractivity contribution is 5.35. The highest BCUT2D eigenvalue weighted by atomic mass is 19.1. The number of benzene rings is 1. The van der Waals surface area contributed by atoms with Crippen LogP contribution in [0.5, 0.6) is 5.75 Å². The first kappa shape index (κ1) is 13.7. The molecule has 0 saturated heterocycles. The highest BCUT2D eigenvalue weighted by Crippen LogP contribution is 2.22. The van der Waals surface area contributed by atoms with E-state index >= 15 is 0 Å². The molecule has 0 aliphatic rings. The zero-order chi connectivity index (χ0) is 12.5. The average molecular weight is 239 g/mol. The molecule has 94 valence electrons. The predicted molar refractivity (Wildman–Crippen MR) is 65.7 cm³/mol. The number of para-hydroxylation sites is 1. The van der Waals surface area contributed by atoms with E-state index in [1.165, 1.54) is 6.07 Å². The summed E-state index contributed by atoms with van der Waals surface area (Å²) in [6, 6.07) is 4.89. The fourth-order valence-corrected chi connectivity index (χ4v) is 1.39. The molecule has 1 aromatic carbocycles. The van der Waals surface area contributed by atoms with E-state index in [0.29, 0.717) is 26.3 Å². The maximum absolute atomic E-state index is 13.5. The van der Waals surface area contributed by atoms with Crippen molar-refractivity contribution >= 4 is 0 Å². The zero-order valence-electron chi connectivity index (χ0n) is 10.0. The Labute approximate surface area is 101 Å². The van der Waals surface area contributed by atoms with Crippen molar-refractivity contribution in [2.75, 3.05) is 26.9 Å². The van der Waals surface area contributed by atoms with Gasteiger partial charge in [-0.25, -0.2) is 4.39 Å². The van der Waals surface area contributed by atoms with E-state index in [9.17, 15) is 4.39 Å². The van der Waals surface area contributed by atoms with Crippen molar-refractivity contribution in [1.29, 1.82) is 0 Å². The van der Waals surface area contributed by atoms with Gasteiger partial charge in [0.1, 0.15) is 6.61 Å². The minimum atomic E-state index is -0.349. The lowest BCUT2D eigenvalue weighted by atomic mass is 10.2. The number of halogens is 1. The Balaban J connectivity index is 2.62. The first-order chi connectivity index (χ1) is 8.29. The number of rotatable bonds is 8. The molecule has 17 heavy (non-hydrogen) atoms. The number of hydrogen-bond donors (Lipinski definition) is 1. The van der Waals surface area contributed by atoms with E-state index < -0.39 is 0 Å². The molecule has 0 heterocycles. The molecule has 0 saturated carbocycles. The molecule has 0 bridgehead atoms. The van der Waals surface area contributed by atoms with Crippen LogP contribution in [0, 0.1) is 5.82 Å². The van der Waals surface area contributed by atoms with Crippen LogP contribution in [0.3, 0.4) is 0 Å². The van der Waals surface area contributed by atoms with Crippen molar-refractivity contribution in [2.45, 2.75) is 6.54 Å². The normalized spacial score (nSPS) is 10.2. The molecular formula is C13H18FNO2. The van der Waals surface area contributed by atoms with Gasteiger partial charge in [-0.15, -0.1) is 0 Å². The summed E-state index contributed by atoms with van der Waals surface area (Å²) in [5.74, 6) is -0.0600. The van der Waals surface area contributed by atoms with Gasteiger partial charge in [0.25, 0.3) is 0 Å². The number of methoxy groups -OCH3 is 1. The number of hydrogen-bond acceptors (Lipinski definition) is 3. The third-order valence-corrected chi connectivity index (χ3v) is 2.19. The number of ether oxygens (including phenoxy) is 2. The molecule has 0 amide bonds. The van der Waals surface area contributed by atoms with Gasteiger partial charge in [-0.05, 0) is 6.07 Å². The van der Waals surface area contributed by atoms with Gasteiger partial charge in [-0.1, -0.05) is 24.8 Å². The Kier molecular flexibility index (Phi) is 6.29. The van der Waals surface area contributed by atoms with Gasteiger partial charge in [0, 0.05) is 25.8 Å². The summed E-state index contributed by atoms with van der Waals surface area (Å²) >= 11 is 0. The SMILES string of the molecule is C=CCOc1c(F)cccc1CNCCOC. The quantitative estimate of drug-likeness (QED) is 0.557. The zero-order valence-corrected chi connectivity index (χ0v) is 10.0. The molecule has 1 N–H and O–H groups in total. The second-order valence-corrected chi connectivity index (χ2v) is 3.50. The van der Waals surface area contributed by atoms with E-state index in [4.69, 9.17) is 9.47 Å². The molecule has 0 fully saturated rings. The molecule has 1 aromatic rings. The predicted octanol–water partition coefficient (Wildman–Crippen LogP) is 2.13. The van der Waals surface area contributed by atoms with Crippen LogP contribution in [0.1, 0.15) is 5.56 Å². The smallest absolute Gasteiger partial charge is 0.165 e. The maximum Gasteiger partial charge on any atom is 0.165 e. The first-order valence-corrected chi connectivity index (χ1v) is 5.50. The lowest BCUT2D eigenvalue weighted by Gasteiger charge is -2.11. The molecule has 1 rings (SSSR count). The van der Waals surface area contributed by atoms with E-state index in [1.807, 2.05) is 6.07 Å². The van der Waals surface area contributed by atoms with Crippen molar-refractivity contribution in [3.63, 3.8) is 0 Å². The summed E-state index contributed by atoms with van der Waals surface area (Å²) in [4.78, 5) is 0. The monoisotopic (exact) mass is 239 g/mol. The molecule has 3 nitrogen and oxygen atoms in total. The summed E-state index contributed by atoms with van der Waals surface area (Å²) in [7, 11) is 1.64.